The summed E-state index contributed by atoms with van der Waals surface area (Å²) in [4.78, 5) is 37.3. The van der Waals surface area contributed by atoms with Gasteiger partial charge in [0.2, 0.25) is 5.91 Å². The molecule has 24 heavy (non-hydrogen) atoms. The fourth-order valence-corrected chi connectivity index (χ4v) is 3.35. The van der Waals surface area contributed by atoms with Crippen LogP contribution in [0.1, 0.15) is 12.1 Å². The largest absolute Gasteiger partial charge is 0.465 e. The highest BCUT2D eigenvalue weighted by atomic mass is 16.4. The van der Waals surface area contributed by atoms with E-state index in [0.717, 1.165) is 22.3 Å². The number of rotatable bonds is 1. The molecule has 0 atom stereocenters. The molecule has 1 saturated heterocycles. The number of urea groups is 1. The van der Waals surface area contributed by atoms with Gasteiger partial charge in [0.15, 0.2) is 0 Å². The normalized spacial score (nSPS) is 17.8. The number of aromatic nitrogens is 1. The molecule has 0 aliphatic carbocycles. The zero-order chi connectivity index (χ0) is 16.8. The minimum absolute atomic E-state index is 0.259. The van der Waals surface area contributed by atoms with Gasteiger partial charge in [0.1, 0.15) is 0 Å². The van der Waals surface area contributed by atoms with Crippen LogP contribution in [0.2, 0.25) is 0 Å². The Labute approximate surface area is 137 Å². The first-order valence-corrected chi connectivity index (χ1v) is 7.74. The lowest BCUT2D eigenvalue weighted by Gasteiger charge is -2.27. The van der Waals surface area contributed by atoms with Gasteiger partial charge < -0.3 is 14.6 Å². The van der Waals surface area contributed by atoms with Crippen molar-refractivity contribution in [2.45, 2.75) is 19.5 Å². The van der Waals surface area contributed by atoms with E-state index in [0.29, 0.717) is 26.2 Å². The minimum Gasteiger partial charge on any atom is -0.465 e. The van der Waals surface area contributed by atoms with Crippen molar-refractivity contribution in [3.05, 3.63) is 30.0 Å². The lowest BCUT2D eigenvalue weighted by Crippen LogP contribution is -2.49. The third-order valence-corrected chi connectivity index (χ3v) is 4.55. The third-order valence-electron chi connectivity index (χ3n) is 4.55. The molecule has 0 radical (unpaired) electrons. The standard InChI is InChI=1S/C16H16N4O4/c21-14-3-4-20(15(22)17-14)11-1-2-13-10(7-11)8-12-9-18(16(23)24)5-6-19(12)13/h1-2,7-8H,3-6,9H2,(H,23,24)(H,17,21,22). The molecule has 2 aromatic rings. The van der Waals surface area contributed by atoms with Crippen molar-refractivity contribution in [1.82, 2.24) is 14.8 Å². The molecular formula is C16H16N4O4. The summed E-state index contributed by atoms with van der Waals surface area (Å²) in [6, 6.07) is 7.25. The zero-order valence-corrected chi connectivity index (χ0v) is 12.9. The predicted octanol–water partition coefficient (Wildman–Crippen LogP) is 1.58. The number of hydrogen-bond donors (Lipinski definition) is 2. The molecule has 124 valence electrons. The van der Waals surface area contributed by atoms with Crippen molar-refractivity contribution in [3.8, 4) is 0 Å². The maximum Gasteiger partial charge on any atom is 0.407 e. The number of nitrogens with one attached hydrogen (secondary N) is 1. The van der Waals surface area contributed by atoms with Crippen molar-refractivity contribution >= 4 is 34.6 Å². The molecular weight excluding hydrogens is 312 g/mol. The molecule has 0 spiro atoms. The molecule has 3 heterocycles. The van der Waals surface area contributed by atoms with Gasteiger partial charge in [-0.05, 0) is 24.3 Å². The summed E-state index contributed by atoms with van der Waals surface area (Å²) in [5, 5.41) is 12.4. The quantitative estimate of drug-likeness (QED) is 0.831. The Hall–Kier alpha value is -3.03. The van der Waals surface area contributed by atoms with E-state index in [2.05, 4.69) is 9.88 Å². The van der Waals surface area contributed by atoms with Gasteiger partial charge in [-0.25, -0.2) is 9.59 Å². The van der Waals surface area contributed by atoms with Crippen LogP contribution in [0.3, 0.4) is 0 Å². The number of amides is 4. The Morgan fingerprint density at radius 2 is 1.96 bits per heavy atom. The molecule has 0 saturated carbocycles. The van der Waals surface area contributed by atoms with Gasteiger partial charge in [-0.2, -0.15) is 0 Å². The SMILES string of the molecule is O=C1CCN(c2ccc3c(c2)cc2n3CCN(C(=O)O)C2)C(=O)N1. The predicted molar refractivity (Wildman–Crippen MR) is 85.9 cm³/mol. The molecule has 4 rings (SSSR count). The Bertz CT molecular complexity index is 872. The average Bonchev–Trinajstić information content (AvgIpc) is 2.91. The number of carbonyl (C=O) groups excluding carboxylic acids is 2. The van der Waals surface area contributed by atoms with Crippen LogP contribution >= 0.6 is 0 Å². The van der Waals surface area contributed by atoms with E-state index in [-0.39, 0.29) is 12.3 Å². The van der Waals surface area contributed by atoms with E-state index in [1.807, 2.05) is 24.3 Å². The monoisotopic (exact) mass is 328 g/mol. The van der Waals surface area contributed by atoms with Gasteiger partial charge in [0.05, 0.1) is 6.54 Å². The van der Waals surface area contributed by atoms with Gasteiger partial charge in [-0.15, -0.1) is 0 Å². The van der Waals surface area contributed by atoms with Crippen LogP contribution in [0, 0.1) is 0 Å². The second kappa shape index (κ2) is 5.26. The number of carbonyl (C=O) groups is 3. The third kappa shape index (κ3) is 2.27. The van der Waals surface area contributed by atoms with Crippen molar-refractivity contribution in [2.75, 3.05) is 18.0 Å². The van der Waals surface area contributed by atoms with Gasteiger partial charge in [0.25, 0.3) is 0 Å². The maximum absolute atomic E-state index is 12.0. The number of nitrogens with zero attached hydrogens (tertiary/aromatic N) is 3. The van der Waals surface area contributed by atoms with E-state index < -0.39 is 12.1 Å². The Morgan fingerprint density at radius 3 is 2.71 bits per heavy atom. The summed E-state index contributed by atoms with van der Waals surface area (Å²) >= 11 is 0. The fraction of sp³-hybridized carbons (Fsp3) is 0.312. The van der Waals surface area contributed by atoms with Crippen LogP contribution in [0.25, 0.3) is 10.9 Å². The van der Waals surface area contributed by atoms with E-state index >= 15 is 0 Å². The van der Waals surface area contributed by atoms with Crippen LogP contribution in [0.4, 0.5) is 15.3 Å². The highest BCUT2D eigenvalue weighted by molar-refractivity contribution is 6.06. The molecule has 1 fully saturated rings. The van der Waals surface area contributed by atoms with Crippen molar-refractivity contribution in [2.24, 2.45) is 0 Å². The lowest BCUT2D eigenvalue weighted by atomic mass is 10.2. The molecule has 2 aliphatic rings. The summed E-state index contributed by atoms with van der Waals surface area (Å²) in [6.07, 6.45) is -0.634. The lowest BCUT2D eigenvalue weighted by molar-refractivity contribution is -0.120. The van der Waals surface area contributed by atoms with Gasteiger partial charge in [-0.1, -0.05) is 0 Å². The topological polar surface area (TPSA) is 94.9 Å². The summed E-state index contributed by atoms with van der Waals surface area (Å²) in [5.74, 6) is -0.259. The summed E-state index contributed by atoms with van der Waals surface area (Å²) in [7, 11) is 0. The molecule has 2 aliphatic heterocycles. The maximum atomic E-state index is 12.0. The molecule has 1 aromatic heterocycles. The van der Waals surface area contributed by atoms with Crippen LogP contribution in [-0.2, 0) is 17.9 Å². The Morgan fingerprint density at radius 1 is 1.12 bits per heavy atom. The first-order valence-electron chi connectivity index (χ1n) is 7.74. The number of hydrogen-bond acceptors (Lipinski definition) is 3. The van der Waals surface area contributed by atoms with Crippen LogP contribution < -0.4 is 10.2 Å². The second-order valence-corrected chi connectivity index (χ2v) is 5.99. The number of benzene rings is 1. The summed E-state index contributed by atoms with van der Waals surface area (Å²) < 4.78 is 2.11. The van der Waals surface area contributed by atoms with Gasteiger partial charge in [0, 0.05) is 48.3 Å². The number of anilines is 1. The van der Waals surface area contributed by atoms with Gasteiger partial charge in [-0.3, -0.25) is 15.0 Å². The van der Waals surface area contributed by atoms with Crippen LogP contribution in [-0.4, -0.2) is 45.7 Å². The van der Waals surface area contributed by atoms with Crippen molar-refractivity contribution in [1.29, 1.82) is 0 Å². The summed E-state index contributed by atoms with van der Waals surface area (Å²) in [6.45, 7) is 1.79. The molecule has 4 amide bonds. The molecule has 8 heteroatoms. The molecule has 2 N–H and O–H groups in total. The summed E-state index contributed by atoms with van der Waals surface area (Å²) in [5.41, 5.74) is 2.69. The molecule has 1 aromatic carbocycles. The highest BCUT2D eigenvalue weighted by Gasteiger charge is 2.26. The van der Waals surface area contributed by atoms with E-state index in [4.69, 9.17) is 5.11 Å². The highest BCUT2D eigenvalue weighted by Crippen LogP contribution is 2.28. The molecule has 8 nitrogen and oxygen atoms in total. The number of carboxylic acid groups (broad SMARTS) is 1. The Balaban J connectivity index is 1.69. The average molecular weight is 328 g/mol. The zero-order valence-electron chi connectivity index (χ0n) is 12.9. The minimum atomic E-state index is -0.915. The van der Waals surface area contributed by atoms with Gasteiger partial charge >= 0.3 is 12.1 Å². The molecule has 0 bridgehead atoms. The van der Waals surface area contributed by atoms with Crippen LogP contribution in [0.15, 0.2) is 24.3 Å². The van der Waals surface area contributed by atoms with Crippen LogP contribution in [0.5, 0.6) is 0 Å². The fourth-order valence-electron chi connectivity index (χ4n) is 3.35. The first-order chi connectivity index (χ1) is 11.5. The Kier molecular flexibility index (Phi) is 3.19. The first kappa shape index (κ1) is 14.6. The molecule has 0 unspecified atom stereocenters. The second-order valence-electron chi connectivity index (χ2n) is 5.99. The van der Waals surface area contributed by atoms with E-state index in [1.165, 1.54) is 4.90 Å². The van der Waals surface area contributed by atoms with E-state index in [1.54, 1.807) is 4.90 Å². The van der Waals surface area contributed by atoms with Crippen molar-refractivity contribution < 1.29 is 19.5 Å². The number of imide groups is 1. The van der Waals surface area contributed by atoms with Crippen molar-refractivity contribution in [3.63, 3.8) is 0 Å². The number of fused-ring (bicyclic) bond motifs is 3. The smallest absolute Gasteiger partial charge is 0.407 e. The van der Waals surface area contributed by atoms with E-state index in [9.17, 15) is 14.4 Å².